The number of piperazine rings is 1. The molecule has 1 aromatic heterocycles. The van der Waals surface area contributed by atoms with Crippen LogP contribution in [-0.2, 0) is 9.53 Å². The van der Waals surface area contributed by atoms with Gasteiger partial charge in [0.1, 0.15) is 6.10 Å². The molecule has 3 aliphatic rings. The number of hydrogen-bond donors (Lipinski definition) is 0. The van der Waals surface area contributed by atoms with Crippen LogP contribution in [0.2, 0.25) is 0 Å². The van der Waals surface area contributed by atoms with Gasteiger partial charge in [-0.25, -0.2) is 0 Å². The Morgan fingerprint density at radius 2 is 1.74 bits per heavy atom. The third-order valence-corrected chi connectivity index (χ3v) is 6.71. The maximum atomic E-state index is 12.4. The second-order valence-electron chi connectivity index (χ2n) is 8.80. The lowest BCUT2D eigenvalue weighted by molar-refractivity contribution is -0.150. The van der Waals surface area contributed by atoms with Gasteiger partial charge in [0.2, 0.25) is 0 Å². The number of cyclic esters (lactones) is 1. The summed E-state index contributed by atoms with van der Waals surface area (Å²) in [5.41, 5.74) is 3.35. The van der Waals surface area contributed by atoms with E-state index in [4.69, 9.17) is 4.74 Å². The number of aryl methyl sites for hydroxylation is 2. The van der Waals surface area contributed by atoms with E-state index in [1.165, 1.54) is 24.9 Å². The van der Waals surface area contributed by atoms with Crippen molar-refractivity contribution in [3.63, 3.8) is 0 Å². The third kappa shape index (κ3) is 4.13. The first-order valence-electron chi connectivity index (χ1n) is 10.7. The van der Waals surface area contributed by atoms with E-state index in [0.29, 0.717) is 0 Å². The Kier molecular flexibility index (Phi) is 5.40. The summed E-state index contributed by atoms with van der Waals surface area (Å²) >= 11 is 0. The number of rotatable bonds is 4. The summed E-state index contributed by atoms with van der Waals surface area (Å²) in [4.78, 5) is 21.9. The van der Waals surface area contributed by atoms with Crippen molar-refractivity contribution in [3.05, 3.63) is 23.5 Å². The predicted octanol–water partition coefficient (Wildman–Crippen LogP) is 3.48. The molecular formula is C22H33N3O2. The average Bonchev–Trinajstić information content (AvgIpc) is 2.95. The molecule has 1 spiro atoms. The molecule has 0 amide bonds. The van der Waals surface area contributed by atoms with E-state index < -0.39 is 0 Å². The monoisotopic (exact) mass is 371 g/mol. The minimum atomic E-state index is -0.126. The summed E-state index contributed by atoms with van der Waals surface area (Å²) < 4.78 is 5.78. The van der Waals surface area contributed by atoms with Gasteiger partial charge >= 0.3 is 5.97 Å². The summed E-state index contributed by atoms with van der Waals surface area (Å²) in [7, 11) is 0. The van der Waals surface area contributed by atoms with E-state index in [1.54, 1.807) is 0 Å². The van der Waals surface area contributed by atoms with Crippen molar-refractivity contribution in [1.29, 1.82) is 0 Å². The van der Waals surface area contributed by atoms with Crippen LogP contribution in [0.1, 0.15) is 56.3 Å². The van der Waals surface area contributed by atoms with Gasteiger partial charge in [0.15, 0.2) is 0 Å². The van der Waals surface area contributed by atoms with Crippen LogP contribution >= 0.6 is 0 Å². The number of hydrogen-bond acceptors (Lipinski definition) is 5. The zero-order chi connectivity index (χ0) is 18.9. The molecule has 3 fully saturated rings. The molecule has 0 radical (unpaired) electrons. The molecule has 0 aromatic carbocycles. The first-order valence-corrected chi connectivity index (χ1v) is 10.7. The summed E-state index contributed by atoms with van der Waals surface area (Å²) in [5.74, 6) is 0.0976. The van der Waals surface area contributed by atoms with Crippen molar-refractivity contribution in [3.8, 4) is 0 Å². The van der Waals surface area contributed by atoms with Crippen molar-refractivity contribution < 1.29 is 9.53 Å². The van der Waals surface area contributed by atoms with Crippen LogP contribution in [0.3, 0.4) is 0 Å². The van der Waals surface area contributed by atoms with Crippen molar-refractivity contribution in [2.45, 2.75) is 64.9 Å². The highest BCUT2D eigenvalue weighted by atomic mass is 16.6. The van der Waals surface area contributed by atoms with Gasteiger partial charge in [0.25, 0.3) is 0 Å². The summed E-state index contributed by atoms with van der Waals surface area (Å²) in [5, 5.41) is 0. The molecule has 1 aromatic rings. The Hall–Kier alpha value is -1.62. The van der Waals surface area contributed by atoms with Gasteiger partial charge in [-0.05, 0) is 45.2 Å². The molecule has 5 nitrogen and oxygen atoms in total. The highest BCUT2D eigenvalue weighted by Crippen LogP contribution is 2.46. The maximum Gasteiger partial charge on any atom is 0.312 e. The van der Waals surface area contributed by atoms with E-state index in [1.807, 2.05) is 0 Å². The molecule has 1 unspecified atom stereocenters. The van der Waals surface area contributed by atoms with Crippen LogP contribution in [0.5, 0.6) is 0 Å². The Labute approximate surface area is 163 Å². The van der Waals surface area contributed by atoms with Gasteiger partial charge < -0.3 is 9.64 Å². The molecule has 27 heavy (non-hydrogen) atoms. The number of ether oxygens (including phenoxy) is 1. The zero-order valence-corrected chi connectivity index (χ0v) is 16.9. The average molecular weight is 372 g/mol. The van der Waals surface area contributed by atoms with Gasteiger partial charge in [-0.15, -0.1) is 0 Å². The maximum absolute atomic E-state index is 12.4. The van der Waals surface area contributed by atoms with Gasteiger partial charge in [-0.3, -0.25) is 14.7 Å². The van der Waals surface area contributed by atoms with Crippen molar-refractivity contribution in [1.82, 2.24) is 9.88 Å². The van der Waals surface area contributed by atoms with Gasteiger partial charge in [0.05, 0.1) is 5.41 Å². The molecular weight excluding hydrogens is 338 g/mol. The normalized spacial score (nSPS) is 25.8. The van der Waals surface area contributed by atoms with Crippen LogP contribution in [0.15, 0.2) is 12.1 Å². The summed E-state index contributed by atoms with van der Waals surface area (Å²) in [6.45, 7) is 9.42. The topological polar surface area (TPSA) is 45.7 Å². The van der Waals surface area contributed by atoms with Crippen LogP contribution in [0, 0.1) is 19.3 Å². The summed E-state index contributed by atoms with van der Waals surface area (Å²) in [6.07, 6.45) is 7.84. The summed E-state index contributed by atoms with van der Waals surface area (Å²) in [6, 6.07) is 4.37. The largest absolute Gasteiger partial charge is 0.462 e. The van der Waals surface area contributed by atoms with Crippen molar-refractivity contribution >= 4 is 11.7 Å². The molecule has 2 aliphatic heterocycles. The minimum absolute atomic E-state index is 0.0976. The van der Waals surface area contributed by atoms with Gasteiger partial charge in [0, 0.05) is 56.2 Å². The number of carbonyl (C=O) groups excluding carboxylic acids is 1. The van der Waals surface area contributed by atoms with Crippen molar-refractivity contribution in [2.75, 3.05) is 37.6 Å². The fourth-order valence-electron chi connectivity index (χ4n) is 5.19. The molecule has 1 aliphatic carbocycles. The number of anilines is 1. The Balaban J connectivity index is 1.25. The van der Waals surface area contributed by atoms with E-state index in [2.05, 4.69) is 40.8 Å². The zero-order valence-electron chi connectivity index (χ0n) is 16.9. The van der Waals surface area contributed by atoms with E-state index >= 15 is 0 Å². The fourth-order valence-corrected chi connectivity index (χ4v) is 5.19. The molecule has 2 saturated heterocycles. The molecule has 148 valence electrons. The molecule has 5 heteroatoms. The van der Waals surface area contributed by atoms with E-state index in [9.17, 15) is 4.79 Å². The molecule has 0 N–H and O–H groups in total. The highest BCUT2D eigenvalue weighted by molar-refractivity contribution is 5.79. The molecule has 4 rings (SSSR count). The quantitative estimate of drug-likeness (QED) is 0.759. The number of nitrogens with zero attached hydrogens (tertiary/aromatic N) is 3. The third-order valence-electron chi connectivity index (χ3n) is 6.71. The number of esters is 1. The van der Waals surface area contributed by atoms with Crippen molar-refractivity contribution in [2.24, 2.45) is 5.41 Å². The SMILES string of the molecule is Cc1cc(N2CCN(CCC3CC4(CCCCC4)C(=O)O3)CC2)cc(C)n1. The lowest BCUT2D eigenvalue weighted by Gasteiger charge is -2.36. The highest BCUT2D eigenvalue weighted by Gasteiger charge is 2.48. The van der Waals surface area contributed by atoms with Crippen LogP contribution in [0.4, 0.5) is 5.69 Å². The van der Waals surface area contributed by atoms with E-state index in [0.717, 1.165) is 69.8 Å². The molecule has 3 heterocycles. The van der Waals surface area contributed by atoms with Crippen LogP contribution in [0.25, 0.3) is 0 Å². The molecule has 1 saturated carbocycles. The van der Waals surface area contributed by atoms with Gasteiger partial charge in [-0.2, -0.15) is 0 Å². The van der Waals surface area contributed by atoms with Gasteiger partial charge in [-0.1, -0.05) is 19.3 Å². The molecule has 1 atom stereocenters. The lowest BCUT2D eigenvalue weighted by Crippen LogP contribution is -2.47. The first kappa shape index (κ1) is 18.7. The number of aromatic nitrogens is 1. The molecule has 0 bridgehead atoms. The number of pyridine rings is 1. The second-order valence-corrected chi connectivity index (χ2v) is 8.80. The standard InChI is InChI=1S/C22H33N3O2/c1-17-14-19(15-18(2)23-17)25-12-10-24(11-13-25)9-6-20-16-22(21(26)27-20)7-4-3-5-8-22/h14-15,20H,3-13,16H2,1-2H3. The van der Waals surface area contributed by atoms with Crippen LogP contribution in [-0.4, -0.2) is 54.7 Å². The second kappa shape index (κ2) is 7.78. The van der Waals surface area contributed by atoms with E-state index in [-0.39, 0.29) is 17.5 Å². The van der Waals surface area contributed by atoms with Crippen LogP contribution < -0.4 is 4.90 Å². The lowest BCUT2D eigenvalue weighted by atomic mass is 9.72. The Morgan fingerprint density at radius 3 is 2.41 bits per heavy atom. The first-order chi connectivity index (χ1) is 13.0. The smallest absolute Gasteiger partial charge is 0.312 e. The Morgan fingerprint density at radius 1 is 1.07 bits per heavy atom. The number of carbonyl (C=O) groups is 1. The fraction of sp³-hybridized carbons (Fsp3) is 0.727. The minimum Gasteiger partial charge on any atom is -0.462 e. The Bertz CT molecular complexity index is 656. The predicted molar refractivity (Wildman–Crippen MR) is 107 cm³/mol.